The van der Waals surface area contributed by atoms with Crippen molar-refractivity contribution >= 4 is 38.3 Å². The fourth-order valence-electron chi connectivity index (χ4n) is 4.84. The zero-order valence-electron chi connectivity index (χ0n) is 20.1. The third kappa shape index (κ3) is 4.03. The molecule has 0 unspecified atom stereocenters. The van der Waals surface area contributed by atoms with Gasteiger partial charge in [-0.05, 0) is 60.2 Å². The first-order valence-corrected chi connectivity index (χ1v) is 12.8. The Labute approximate surface area is 212 Å². The number of hydrogen-bond donors (Lipinski definition) is 2. The first-order valence-electron chi connectivity index (χ1n) is 12.0. The van der Waals surface area contributed by atoms with E-state index < -0.39 is 0 Å². The molecule has 3 aromatic carbocycles. The van der Waals surface area contributed by atoms with Crippen LogP contribution in [0.2, 0.25) is 0 Å². The van der Waals surface area contributed by atoms with Gasteiger partial charge in [-0.1, -0.05) is 60.7 Å². The predicted molar refractivity (Wildman–Crippen MR) is 148 cm³/mol. The van der Waals surface area contributed by atoms with E-state index in [0.29, 0.717) is 12.1 Å². The number of aromatic nitrogens is 3. The molecule has 0 aliphatic carbocycles. The van der Waals surface area contributed by atoms with Crippen molar-refractivity contribution < 1.29 is 4.39 Å². The first-order chi connectivity index (χ1) is 17.6. The molecular formula is C30H25FN4S. The SMILES string of the molecule is Cc1[nH]c2c(F)ccc(C)c2c1CCNc1ncnc2cc(-c3ccc(-c4ccccc4)cc3)sc12. The number of thiophene rings is 1. The molecule has 2 N–H and O–H groups in total. The molecule has 36 heavy (non-hydrogen) atoms. The van der Waals surface area contributed by atoms with Crippen LogP contribution in [-0.4, -0.2) is 21.5 Å². The van der Waals surface area contributed by atoms with Crippen LogP contribution in [-0.2, 0) is 6.42 Å². The summed E-state index contributed by atoms with van der Waals surface area (Å²) in [4.78, 5) is 13.4. The zero-order chi connectivity index (χ0) is 24.6. The van der Waals surface area contributed by atoms with Crippen molar-refractivity contribution in [3.8, 4) is 21.6 Å². The van der Waals surface area contributed by atoms with Gasteiger partial charge in [-0.3, -0.25) is 0 Å². The van der Waals surface area contributed by atoms with Gasteiger partial charge in [-0.2, -0.15) is 0 Å². The third-order valence-corrected chi connectivity index (χ3v) is 7.87. The average Bonchev–Trinajstić information content (AvgIpc) is 3.49. The minimum absolute atomic E-state index is 0.210. The van der Waals surface area contributed by atoms with Gasteiger partial charge in [0.15, 0.2) is 0 Å². The second-order valence-corrected chi connectivity index (χ2v) is 10.1. The number of hydrogen-bond acceptors (Lipinski definition) is 4. The number of fused-ring (bicyclic) bond motifs is 2. The maximum atomic E-state index is 14.3. The van der Waals surface area contributed by atoms with Crippen molar-refractivity contribution in [3.63, 3.8) is 0 Å². The maximum Gasteiger partial charge on any atom is 0.147 e. The molecule has 0 spiro atoms. The first kappa shape index (κ1) is 22.4. The van der Waals surface area contributed by atoms with E-state index in [0.717, 1.165) is 55.1 Å². The zero-order valence-corrected chi connectivity index (χ0v) is 20.9. The summed E-state index contributed by atoms with van der Waals surface area (Å²) in [7, 11) is 0. The van der Waals surface area contributed by atoms with E-state index in [4.69, 9.17) is 0 Å². The standard InChI is InChI=1S/C30H25FN4S/c1-18-8-13-24(31)28-27(18)23(19(2)35-28)14-15-32-30-29-25(33-17-34-30)16-26(36-29)22-11-9-21(10-12-22)20-6-4-3-5-7-20/h3-13,16-17,35H,14-15H2,1-2H3,(H,32,33,34). The highest BCUT2D eigenvalue weighted by atomic mass is 32.1. The molecule has 0 aliphatic heterocycles. The lowest BCUT2D eigenvalue weighted by molar-refractivity contribution is 0.637. The van der Waals surface area contributed by atoms with Gasteiger partial charge in [0.05, 0.1) is 15.7 Å². The molecule has 6 aromatic rings. The summed E-state index contributed by atoms with van der Waals surface area (Å²) in [5.74, 6) is 0.621. The van der Waals surface area contributed by atoms with Gasteiger partial charge < -0.3 is 10.3 Å². The molecular weight excluding hydrogens is 467 g/mol. The van der Waals surface area contributed by atoms with Gasteiger partial charge in [0.25, 0.3) is 0 Å². The number of anilines is 1. The van der Waals surface area contributed by atoms with Gasteiger partial charge >= 0.3 is 0 Å². The van der Waals surface area contributed by atoms with Gasteiger partial charge in [0, 0.05) is 22.5 Å². The number of nitrogens with one attached hydrogen (secondary N) is 2. The fraction of sp³-hybridized carbons (Fsp3) is 0.133. The number of H-pyrrole nitrogens is 1. The van der Waals surface area contributed by atoms with Crippen molar-refractivity contribution in [1.82, 2.24) is 15.0 Å². The molecule has 4 nitrogen and oxygen atoms in total. The third-order valence-electron chi connectivity index (χ3n) is 6.68. The Kier molecular flexibility index (Phi) is 5.74. The Hall–Kier alpha value is -4.03. The number of benzene rings is 3. The van der Waals surface area contributed by atoms with Crippen molar-refractivity contribution in [3.05, 3.63) is 102 Å². The summed E-state index contributed by atoms with van der Waals surface area (Å²) in [6.45, 7) is 4.72. The summed E-state index contributed by atoms with van der Waals surface area (Å²) in [5.41, 5.74) is 8.32. The molecule has 0 amide bonds. The Bertz CT molecular complexity index is 1680. The van der Waals surface area contributed by atoms with Gasteiger partial charge in [-0.25, -0.2) is 14.4 Å². The number of rotatable bonds is 6. The van der Waals surface area contributed by atoms with Gasteiger partial charge in [0.2, 0.25) is 0 Å². The maximum absolute atomic E-state index is 14.3. The monoisotopic (exact) mass is 492 g/mol. The van der Waals surface area contributed by atoms with Crippen LogP contribution in [0.4, 0.5) is 10.2 Å². The number of nitrogens with zero attached hydrogens (tertiary/aromatic N) is 2. The summed E-state index contributed by atoms with van der Waals surface area (Å²) < 4.78 is 15.3. The number of aromatic amines is 1. The highest BCUT2D eigenvalue weighted by Gasteiger charge is 2.15. The highest BCUT2D eigenvalue weighted by Crippen LogP contribution is 2.36. The molecule has 0 bridgehead atoms. The molecule has 3 aromatic heterocycles. The van der Waals surface area contributed by atoms with Crippen LogP contribution in [0.15, 0.2) is 79.1 Å². The van der Waals surface area contributed by atoms with Crippen molar-refractivity contribution in [2.45, 2.75) is 20.3 Å². The van der Waals surface area contributed by atoms with Crippen LogP contribution >= 0.6 is 11.3 Å². The summed E-state index contributed by atoms with van der Waals surface area (Å²) in [5, 5.41) is 4.48. The Morgan fingerprint density at radius 2 is 1.64 bits per heavy atom. The Balaban J connectivity index is 1.24. The van der Waals surface area contributed by atoms with Gasteiger partial charge in [-0.15, -0.1) is 11.3 Å². The number of aryl methyl sites for hydroxylation is 2. The van der Waals surface area contributed by atoms with Crippen molar-refractivity contribution in [1.29, 1.82) is 0 Å². The summed E-state index contributed by atoms with van der Waals surface area (Å²) in [6, 6.07) is 24.5. The van der Waals surface area contributed by atoms with Crippen molar-refractivity contribution in [2.75, 3.05) is 11.9 Å². The largest absolute Gasteiger partial charge is 0.368 e. The fourth-order valence-corrected chi connectivity index (χ4v) is 5.92. The van der Waals surface area contributed by atoms with E-state index in [-0.39, 0.29) is 5.82 Å². The average molecular weight is 493 g/mol. The second-order valence-electron chi connectivity index (χ2n) is 9.01. The quantitative estimate of drug-likeness (QED) is 0.248. The predicted octanol–water partition coefficient (Wildman–Crippen LogP) is 7.92. The topological polar surface area (TPSA) is 53.6 Å². The molecule has 0 saturated carbocycles. The normalized spacial score (nSPS) is 11.4. The molecule has 178 valence electrons. The molecule has 6 heteroatoms. The molecule has 0 fully saturated rings. The lowest BCUT2D eigenvalue weighted by Gasteiger charge is -2.08. The Morgan fingerprint density at radius 3 is 2.44 bits per heavy atom. The smallest absolute Gasteiger partial charge is 0.147 e. The lowest BCUT2D eigenvalue weighted by atomic mass is 10.0. The molecule has 3 heterocycles. The van der Waals surface area contributed by atoms with E-state index >= 15 is 0 Å². The van der Waals surface area contributed by atoms with E-state index in [1.54, 1.807) is 17.7 Å². The van der Waals surface area contributed by atoms with Crippen LogP contribution in [0, 0.1) is 19.7 Å². The number of halogens is 1. The summed E-state index contributed by atoms with van der Waals surface area (Å²) in [6.07, 6.45) is 2.37. The van der Waals surface area contributed by atoms with Crippen LogP contribution < -0.4 is 5.32 Å². The molecule has 0 atom stereocenters. The lowest BCUT2D eigenvalue weighted by Crippen LogP contribution is -2.07. The highest BCUT2D eigenvalue weighted by molar-refractivity contribution is 7.22. The Morgan fingerprint density at radius 1 is 0.889 bits per heavy atom. The molecule has 0 aliphatic rings. The van der Waals surface area contributed by atoms with E-state index in [9.17, 15) is 4.39 Å². The van der Waals surface area contributed by atoms with Crippen LogP contribution in [0.3, 0.4) is 0 Å². The molecule has 0 radical (unpaired) electrons. The van der Waals surface area contributed by atoms with Crippen molar-refractivity contribution in [2.24, 2.45) is 0 Å². The van der Waals surface area contributed by atoms with E-state index in [2.05, 4.69) is 74.9 Å². The van der Waals surface area contributed by atoms with Crippen LogP contribution in [0.25, 0.3) is 42.7 Å². The minimum atomic E-state index is -0.210. The van der Waals surface area contributed by atoms with Crippen LogP contribution in [0.5, 0.6) is 0 Å². The van der Waals surface area contributed by atoms with Crippen LogP contribution in [0.1, 0.15) is 16.8 Å². The second kappa shape index (κ2) is 9.21. The summed E-state index contributed by atoms with van der Waals surface area (Å²) >= 11 is 1.69. The molecule has 0 saturated heterocycles. The van der Waals surface area contributed by atoms with Gasteiger partial charge in [0.1, 0.15) is 18.0 Å². The minimum Gasteiger partial charge on any atom is -0.368 e. The molecule has 6 rings (SSSR count). The van der Waals surface area contributed by atoms with E-state index in [1.807, 2.05) is 26.0 Å². The van der Waals surface area contributed by atoms with E-state index in [1.165, 1.54) is 17.2 Å².